The molecule has 0 aliphatic heterocycles. The van der Waals surface area contributed by atoms with Gasteiger partial charge in [0.2, 0.25) is 0 Å². The molecule has 0 atom stereocenters. The molecule has 0 aromatic heterocycles. The molecule has 0 aliphatic carbocycles. The topological polar surface area (TPSA) is 167 Å². The second-order valence-electron chi connectivity index (χ2n) is 6.33. The summed E-state index contributed by atoms with van der Waals surface area (Å²) < 4.78 is 8.26. The Kier molecular flexibility index (Phi) is 15.7. The van der Waals surface area contributed by atoms with E-state index in [1.54, 1.807) is 30.3 Å². The van der Waals surface area contributed by atoms with Crippen molar-refractivity contribution in [3.63, 3.8) is 0 Å². The predicted molar refractivity (Wildman–Crippen MR) is 158 cm³/mol. The number of halogens is 4. The van der Waals surface area contributed by atoms with E-state index < -0.39 is 5.97 Å². The minimum atomic E-state index is -0.858. The van der Waals surface area contributed by atoms with E-state index in [4.69, 9.17) is 26.7 Å². The Morgan fingerprint density at radius 2 is 1.76 bits per heavy atom. The molecule has 2 aromatic rings. The van der Waals surface area contributed by atoms with Crippen molar-refractivity contribution in [2.24, 2.45) is 16.5 Å². The maximum atomic E-state index is 10.8. The van der Waals surface area contributed by atoms with E-state index in [-0.39, 0.29) is 36.5 Å². The number of carboxylic acid groups (broad SMARTS) is 1. The van der Waals surface area contributed by atoms with Crippen LogP contribution >= 0.6 is 80.2 Å². The van der Waals surface area contributed by atoms with Gasteiger partial charge in [-0.25, -0.2) is 0 Å². The van der Waals surface area contributed by atoms with E-state index in [1.165, 1.54) is 0 Å². The number of guanidine groups is 2. The zero-order valence-corrected chi connectivity index (χ0v) is 24.9. The van der Waals surface area contributed by atoms with Crippen molar-refractivity contribution < 1.29 is 19.7 Å². The van der Waals surface area contributed by atoms with Crippen molar-refractivity contribution >= 4 is 98.1 Å². The Hall–Kier alpha value is -1.27. The molecule has 0 heterocycles. The monoisotopic (exact) mass is 815 g/mol. The number of benzene rings is 2. The third-order valence-corrected chi connectivity index (χ3v) is 6.08. The minimum Gasteiger partial charge on any atom is -0.507 e. The molecule has 0 saturated heterocycles. The molecule has 2 aromatic carbocycles. The van der Waals surface area contributed by atoms with Gasteiger partial charge in [-0.2, -0.15) is 0 Å². The molecule has 33 heavy (non-hydrogen) atoms. The number of aromatic hydroxyl groups is 1. The van der Waals surface area contributed by atoms with Crippen LogP contribution in [0.15, 0.2) is 35.3 Å². The maximum Gasteiger partial charge on any atom is 0.307 e. The van der Waals surface area contributed by atoms with Gasteiger partial charge in [-0.05, 0) is 110 Å². The third kappa shape index (κ3) is 12.7. The first-order chi connectivity index (χ1) is 15.0. The van der Waals surface area contributed by atoms with Crippen LogP contribution in [0, 0.1) is 16.1 Å². The number of hydrogen-bond donors (Lipinski definition) is 6. The molecule has 0 aliphatic rings. The predicted octanol–water partition coefficient (Wildman–Crippen LogP) is 4.63. The summed E-state index contributed by atoms with van der Waals surface area (Å²) in [4.78, 5) is 14.7. The smallest absolute Gasteiger partial charge is 0.307 e. The summed E-state index contributed by atoms with van der Waals surface area (Å²) in [6.07, 6.45) is 2.07. The fraction of sp³-hybridized carbons (Fsp3) is 0.250. The molecule has 182 valence electrons. The molecule has 0 radical (unpaired) electrons. The fourth-order valence-electron chi connectivity index (χ4n) is 2.19. The number of carboxylic acids is 1. The van der Waals surface area contributed by atoms with Crippen LogP contribution in [0.1, 0.15) is 25.3 Å². The highest BCUT2D eigenvalue weighted by atomic mass is 127. The van der Waals surface area contributed by atoms with Crippen molar-refractivity contribution in [1.29, 1.82) is 5.41 Å². The lowest BCUT2D eigenvalue weighted by atomic mass is 10.1. The number of phenols is 1. The molecular weight excluding hydrogens is 790 g/mol. The SMILES string of the molecule is CCCCN=C(N)NC(=N)N.Cl.O=C(O)Cc1cc(I)c(Oc2ccc(O)c(I)c2)c(I)c1. The van der Waals surface area contributed by atoms with Gasteiger partial charge in [0.1, 0.15) is 11.5 Å². The van der Waals surface area contributed by atoms with Gasteiger partial charge >= 0.3 is 5.97 Å². The molecule has 13 heteroatoms. The zero-order chi connectivity index (χ0) is 24.3. The van der Waals surface area contributed by atoms with Crippen molar-refractivity contribution in [3.8, 4) is 17.2 Å². The number of unbranched alkanes of at least 4 members (excludes halogenated alkanes) is 1. The number of nitrogens with zero attached hydrogens (tertiary/aromatic N) is 1. The van der Waals surface area contributed by atoms with Gasteiger partial charge in [-0.1, -0.05) is 13.3 Å². The Balaban J connectivity index is 0.000000732. The largest absolute Gasteiger partial charge is 0.507 e. The first-order valence-corrected chi connectivity index (χ1v) is 12.5. The van der Waals surface area contributed by atoms with Crippen LogP contribution in [0.4, 0.5) is 0 Å². The fourth-order valence-corrected chi connectivity index (χ4v) is 4.79. The molecule has 9 nitrogen and oxygen atoms in total. The van der Waals surface area contributed by atoms with E-state index in [2.05, 4.69) is 62.4 Å². The van der Waals surface area contributed by atoms with Crippen LogP contribution in [-0.4, -0.2) is 34.6 Å². The Morgan fingerprint density at radius 3 is 2.24 bits per heavy atom. The van der Waals surface area contributed by atoms with E-state index in [9.17, 15) is 9.90 Å². The summed E-state index contributed by atoms with van der Waals surface area (Å²) in [5, 5.41) is 27.6. The molecule has 0 spiro atoms. The number of nitrogens with two attached hydrogens (primary N) is 2. The summed E-state index contributed by atoms with van der Waals surface area (Å²) >= 11 is 6.28. The van der Waals surface area contributed by atoms with Gasteiger partial charge < -0.3 is 26.4 Å². The molecule has 0 fully saturated rings. The summed E-state index contributed by atoms with van der Waals surface area (Å²) in [5.41, 5.74) is 11.1. The lowest BCUT2D eigenvalue weighted by molar-refractivity contribution is -0.136. The molecule has 0 bridgehead atoms. The van der Waals surface area contributed by atoms with Crippen LogP contribution < -0.4 is 21.5 Å². The highest BCUT2D eigenvalue weighted by Gasteiger charge is 2.12. The van der Waals surface area contributed by atoms with Crippen LogP contribution in [0.3, 0.4) is 0 Å². The molecule has 0 unspecified atom stereocenters. The Bertz CT molecular complexity index is 969. The number of rotatable bonds is 7. The quantitative estimate of drug-likeness (QED) is 0.103. The van der Waals surface area contributed by atoms with Gasteiger partial charge in [0.05, 0.1) is 17.1 Å². The van der Waals surface area contributed by atoms with Crippen molar-refractivity contribution in [2.45, 2.75) is 26.2 Å². The first-order valence-electron chi connectivity index (χ1n) is 9.30. The maximum absolute atomic E-state index is 10.8. The summed E-state index contributed by atoms with van der Waals surface area (Å²) in [6.45, 7) is 2.76. The lowest BCUT2D eigenvalue weighted by Crippen LogP contribution is -2.40. The van der Waals surface area contributed by atoms with Crippen molar-refractivity contribution in [3.05, 3.63) is 46.6 Å². The number of aliphatic carboxylic acids is 1. The van der Waals surface area contributed by atoms with Crippen LogP contribution in [0.25, 0.3) is 0 Å². The van der Waals surface area contributed by atoms with Crippen LogP contribution in [0.2, 0.25) is 0 Å². The summed E-state index contributed by atoms with van der Waals surface area (Å²) in [7, 11) is 0. The number of phenolic OH excluding ortho intramolecular Hbond substituents is 1. The molecular formula is C20H25ClI3N5O4. The average Bonchev–Trinajstić information content (AvgIpc) is 2.67. The highest BCUT2D eigenvalue weighted by molar-refractivity contribution is 14.1. The lowest BCUT2D eigenvalue weighted by Gasteiger charge is -2.12. The molecule has 0 saturated carbocycles. The van der Waals surface area contributed by atoms with Gasteiger partial charge in [-0.15, -0.1) is 12.4 Å². The summed E-state index contributed by atoms with van der Waals surface area (Å²) in [6, 6.07) is 8.62. The number of aliphatic imine (C=N–C) groups is 1. The molecule has 0 amide bonds. The van der Waals surface area contributed by atoms with Gasteiger partial charge in [-0.3, -0.25) is 20.5 Å². The number of hydrogen-bond acceptors (Lipinski definition) is 5. The number of carbonyl (C=O) groups is 1. The van der Waals surface area contributed by atoms with Crippen molar-refractivity contribution in [2.75, 3.05) is 6.54 Å². The summed E-state index contributed by atoms with van der Waals surface area (Å²) in [5.74, 6) is 0.701. The second kappa shape index (κ2) is 16.4. The van der Waals surface area contributed by atoms with Gasteiger partial charge in [0.15, 0.2) is 17.7 Å². The van der Waals surface area contributed by atoms with Gasteiger partial charge in [0.25, 0.3) is 0 Å². The first kappa shape index (κ1) is 31.7. The second-order valence-corrected chi connectivity index (χ2v) is 9.82. The Labute approximate surface area is 239 Å². The van der Waals surface area contributed by atoms with Crippen LogP contribution in [0.5, 0.6) is 17.2 Å². The van der Waals surface area contributed by atoms with Crippen LogP contribution in [-0.2, 0) is 11.2 Å². The molecule has 2 rings (SSSR count). The Morgan fingerprint density at radius 1 is 1.15 bits per heavy atom. The van der Waals surface area contributed by atoms with E-state index in [0.717, 1.165) is 25.5 Å². The third-order valence-electron chi connectivity index (χ3n) is 3.61. The van der Waals surface area contributed by atoms with Gasteiger partial charge in [0, 0.05) is 6.54 Å². The van der Waals surface area contributed by atoms with Crippen molar-refractivity contribution in [1.82, 2.24) is 5.32 Å². The average molecular weight is 816 g/mol. The van der Waals surface area contributed by atoms with E-state index >= 15 is 0 Å². The van der Waals surface area contributed by atoms with E-state index in [0.29, 0.717) is 21.6 Å². The number of ether oxygens (including phenoxy) is 1. The highest BCUT2D eigenvalue weighted by Crippen LogP contribution is 2.34. The minimum absolute atomic E-state index is 0. The normalized spacial score (nSPS) is 10.4. The number of nitrogens with one attached hydrogen (secondary N) is 2. The molecule has 8 N–H and O–H groups in total. The zero-order valence-electron chi connectivity index (χ0n) is 17.6. The van der Waals surface area contributed by atoms with E-state index in [1.807, 2.05) is 22.6 Å². The standard InChI is InChI=1S/C14H9I3O4.C6H15N5.ClH/c15-9-6-8(1-2-12(9)18)21-14-10(16)3-7(4-11(14)17)5-13(19)20;1-2-3-4-10-6(9)11-5(7)8;/h1-4,6,18H,5H2,(H,19,20);2-4H2,1H3,(H6,7,8,9,10,11);1H.